The van der Waals surface area contributed by atoms with Crippen LogP contribution in [0.5, 0.6) is 11.5 Å². The number of hydrogen-bond donors (Lipinski definition) is 0. The van der Waals surface area contributed by atoms with E-state index in [-0.39, 0.29) is 11.1 Å². The van der Waals surface area contributed by atoms with Gasteiger partial charge in [0.1, 0.15) is 5.76 Å². The normalized spacial score (nSPS) is 16.0. The highest BCUT2D eigenvalue weighted by atomic mass is 32.1. The van der Waals surface area contributed by atoms with E-state index in [4.69, 9.17) is 18.6 Å². The molecule has 0 radical (unpaired) electrons. The van der Waals surface area contributed by atoms with Crippen molar-refractivity contribution in [1.82, 2.24) is 4.57 Å². The largest absolute Gasteiger partial charge is 0.493 e. The second-order valence-corrected chi connectivity index (χ2v) is 7.71. The Labute approximate surface area is 181 Å². The predicted octanol–water partition coefficient (Wildman–Crippen LogP) is 2.02. The van der Waals surface area contributed by atoms with Crippen LogP contribution in [-0.2, 0) is 9.53 Å². The van der Waals surface area contributed by atoms with Crippen LogP contribution in [0.1, 0.15) is 24.3 Å². The lowest BCUT2D eigenvalue weighted by Crippen LogP contribution is -2.39. The molecule has 0 fully saturated rings. The van der Waals surface area contributed by atoms with Crippen LogP contribution in [0, 0.1) is 0 Å². The van der Waals surface area contributed by atoms with Gasteiger partial charge in [-0.25, -0.2) is 9.79 Å². The van der Waals surface area contributed by atoms with E-state index >= 15 is 0 Å². The first-order valence-corrected chi connectivity index (χ1v) is 10.2. The van der Waals surface area contributed by atoms with Crippen molar-refractivity contribution in [2.24, 2.45) is 4.99 Å². The summed E-state index contributed by atoms with van der Waals surface area (Å²) in [4.78, 5) is 31.1. The first-order valence-electron chi connectivity index (χ1n) is 9.34. The minimum absolute atomic E-state index is 0.283. The molecule has 3 heterocycles. The fourth-order valence-electron chi connectivity index (χ4n) is 3.53. The van der Waals surface area contributed by atoms with Gasteiger partial charge in [-0.2, -0.15) is 0 Å². The Kier molecular flexibility index (Phi) is 5.51. The Morgan fingerprint density at radius 2 is 1.97 bits per heavy atom. The molecule has 31 heavy (non-hydrogen) atoms. The number of aromatic nitrogens is 1. The number of esters is 1. The molecule has 1 unspecified atom stereocenters. The van der Waals surface area contributed by atoms with Crippen LogP contribution >= 0.6 is 11.3 Å². The number of carbonyl (C=O) groups is 1. The zero-order chi connectivity index (χ0) is 22.1. The third kappa shape index (κ3) is 3.57. The van der Waals surface area contributed by atoms with Gasteiger partial charge in [-0.3, -0.25) is 9.36 Å². The molecule has 0 saturated heterocycles. The lowest BCUT2D eigenvalue weighted by Gasteiger charge is -2.25. The maximum absolute atomic E-state index is 13.4. The number of benzene rings is 1. The Balaban J connectivity index is 1.99. The monoisotopic (exact) mass is 440 g/mol. The fourth-order valence-corrected chi connectivity index (χ4v) is 4.56. The van der Waals surface area contributed by atoms with Crippen molar-refractivity contribution in [3.8, 4) is 11.5 Å². The van der Waals surface area contributed by atoms with Gasteiger partial charge in [0.05, 0.1) is 49.4 Å². The number of fused-ring (bicyclic) bond motifs is 1. The third-order valence-corrected chi connectivity index (χ3v) is 5.95. The molecule has 0 aliphatic carbocycles. The van der Waals surface area contributed by atoms with Gasteiger partial charge in [0.25, 0.3) is 5.56 Å². The van der Waals surface area contributed by atoms with Gasteiger partial charge in [-0.15, -0.1) is 0 Å². The molecular weight excluding hydrogens is 420 g/mol. The molecule has 3 aromatic rings. The number of thiazole rings is 1. The highest BCUT2D eigenvalue weighted by Crippen LogP contribution is 2.35. The van der Waals surface area contributed by atoms with E-state index in [1.165, 1.54) is 36.4 Å². The van der Waals surface area contributed by atoms with Crippen LogP contribution in [0.25, 0.3) is 6.08 Å². The fraction of sp³-hybridized carbons (Fsp3) is 0.227. The number of rotatable bonds is 5. The number of allylic oxidation sites excluding steroid dienone is 1. The maximum Gasteiger partial charge on any atom is 0.338 e. The first-order chi connectivity index (χ1) is 15.0. The Hall–Kier alpha value is -3.59. The second kappa shape index (κ2) is 8.27. The summed E-state index contributed by atoms with van der Waals surface area (Å²) in [7, 11) is 4.37. The Bertz CT molecular complexity index is 1350. The number of ether oxygens (including phenoxy) is 3. The third-order valence-electron chi connectivity index (χ3n) is 4.97. The Morgan fingerprint density at radius 3 is 2.61 bits per heavy atom. The summed E-state index contributed by atoms with van der Waals surface area (Å²) in [5, 5.41) is 0. The van der Waals surface area contributed by atoms with Gasteiger partial charge in [-0.05, 0) is 36.8 Å². The number of nitrogens with zero attached hydrogens (tertiary/aromatic N) is 2. The summed E-state index contributed by atoms with van der Waals surface area (Å²) >= 11 is 1.23. The van der Waals surface area contributed by atoms with Gasteiger partial charge < -0.3 is 18.6 Å². The van der Waals surface area contributed by atoms with E-state index in [1.54, 1.807) is 50.4 Å². The highest BCUT2D eigenvalue weighted by molar-refractivity contribution is 7.07. The van der Waals surface area contributed by atoms with Crippen molar-refractivity contribution in [3.05, 3.63) is 78.9 Å². The smallest absolute Gasteiger partial charge is 0.338 e. The topological polar surface area (TPSA) is 92.3 Å². The molecule has 0 spiro atoms. The predicted molar refractivity (Wildman–Crippen MR) is 114 cm³/mol. The highest BCUT2D eigenvalue weighted by Gasteiger charge is 2.33. The maximum atomic E-state index is 13.4. The average Bonchev–Trinajstić information content (AvgIpc) is 3.40. The number of furan rings is 1. The van der Waals surface area contributed by atoms with Crippen LogP contribution in [0.3, 0.4) is 0 Å². The summed E-state index contributed by atoms with van der Waals surface area (Å²) < 4.78 is 23.1. The standard InChI is InChI=1S/C22H20N2O6S/c1-12-18(21(26)29-4)19(13-7-8-15(27-2)16(10-13)28-3)24-20(25)17(31-22(24)23-12)11-14-6-5-9-30-14/h5-11,19H,1-4H3/b17-11+. The zero-order valence-electron chi connectivity index (χ0n) is 17.4. The summed E-state index contributed by atoms with van der Waals surface area (Å²) in [6.07, 6.45) is 3.20. The molecule has 0 bridgehead atoms. The van der Waals surface area contributed by atoms with E-state index in [1.807, 2.05) is 0 Å². The van der Waals surface area contributed by atoms with Crippen molar-refractivity contribution in [3.63, 3.8) is 0 Å². The molecule has 1 aromatic carbocycles. The molecule has 1 atom stereocenters. The minimum Gasteiger partial charge on any atom is -0.493 e. The first kappa shape index (κ1) is 20.7. The molecule has 2 aromatic heterocycles. The summed E-state index contributed by atoms with van der Waals surface area (Å²) in [6, 6.07) is 8.04. The molecule has 0 N–H and O–H groups in total. The zero-order valence-corrected chi connectivity index (χ0v) is 18.2. The van der Waals surface area contributed by atoms with Crippen LogP contribution < -0.4 is 24.4 Å². The molecule has 1 aliphatic rings. The molecule has 0 amide bonds. The van der Waals surface area contributed by atoms with Crippen LogP contribution in [0.4, 0.5) is 0 Å². The van der Waals surface area contributed by atoms with E-state index in [9.17, 15) is 9.59 Å². The van der Waals surface area contributed by atoms with Gasteiger partial charge in [-0.1, -0.05) is 17.4 Å². The van der Waals surface area contributed by atoms with Crippen molar-refractivity contribution in [2.75, 3.05) is 21.3 Å². The van der Waals surface area contributed by atoms with Crippen molar-refractivity contribution < 1.29 is 23.4 Å². The summed E-state index contributed by atoms with van der Waals surface area (Å²) in [5.74, 6) is 1.02. The molecular formula is C22H20N2O6S. The summed E-state index contributed by atoms with van der Waals surface area (Å²) in [6.45, 7) is 1.73. The number of hydrogen-bond acceptors (Lipinski definition) is 8. The summed E-state index contributed by atoms with van der Waals surface area (Å²) in [5.41, 5.74) is 1.15. The van der Waals surface area contributed by atoms with Crippen LogP contribution in [0.2, 0.25) is 0 Å². The quantitative estimate of drug-likeness (QED) is 0.564. The lowest BCUT2D eigenvalue weighted by atomic mass is 9.95. The van der Waals surface area contributed by atoms with Gasteiger partial charge in [0.15, 0.2) is 16.3 Å². The molecule has 9 heteroatoms. The van der Waals surface area contributed by atoms with Crippen LogP contribution in [0.15, 0.2) is 62.1 Å². The van der Waals surface area contributed by atoms with E-state index in [2.05, 4.69) is 4.99 Å². The second-order valence-electron chi connectivity index (χ2n) is 6.70. The van der Waals surface area contributed by atoms with E-state index in [0.717, 1.165) is 0 Å². The van der Waals surface area contributed by atoms with Crippen molar-refractivity contribution in [1.29, 1.82) is 0 Å². The average molecular weight is 440 g/mol. The van der Waals surface area contributed by atoms with Gasteiger partial charge in [0, 0.05) is 6.08 Å². The number of carbonyl (C=O) groups excluding carboxylic acids is 1. The number of methoxy groups -OCH3 is 3. The van der Waals surface area contributed by atoms with E-state index < -0.39 is 12.0 Å². The van der Waals surface area contributed by atoms with Crippen molar-refractivity contribution >= 4 is 23.4 Å². The minimum atomic E-state index is -0.734. The molecule has 1 aliphatic heterocycles. The molecule has 0 saturated carbocycles. The van der Waals surface area contributed by atoms with E-state index in [0.29, 0.717) is 37.9 Å². The van der Waals surface area contributed by atoms with Crippen LogP contribution in [-0.4, -0.2) is 31.9 Å². The molecule has 160 valence electrons. The molecule has 4 rings (SSSR count). The Morgan fingerprint density at radius 1 is 1.19 bits per heavy atom. The lowest BCUT2D eigenvalue weighted by molar-refractivity contribution is -0.136. The molecule has 8 nitrogen and oxygen atoms in total. The van der Waals surface area contributed by atoms with Gasteiger partial charge >= 0.3 is 5.97 Å². The van der Waals surface area contributed by atoms with Gasteiger partial charge in [0.2, 0.25) is 0 Å². The van der Waals surface area contributed by atoms with Crippen molar-refractivity contribution in [2.45, 2.75) is 13.0 Å². The SMILES string of the molecule is COC(=O)C1=C(C)N=c2s/c(=C/c3ccco3)c(=O)n2C1c1ccc(OC)c(OC)c1.